The molecule has 1 fully saturated rings. The zero-order chi connectivity index (χ0) is 13.7. The number of carbonyl (C=O) groups excluding carboxylic acids is 1. The minimum absolute atomic E-state index is 0.270. The first kappa shape index (κ1) is 14.9. The van der Waals surface area contributed by atoms with Crippen molar-refractivity contribution in [3.8, 4) is 0 Å². The minimum atomic E-state index is 0.270. The normalized spacial score (nSPS) is 15.1. The van der Waals surface area contributed by atoms with Gasteiger partial charge in [0.25, 0.3) is 0 Å². The quantitative estimate of drug-likeness (QED) is 0.723. The third-order valence-corrected chi connectivity index (χ3v) is 5.62. The first-order valence-corrected chi connectivity index (χ1v) is 8.56. The lowest BCUT2D eigenvalue weighted by Crippen LogP contribution is -2.34. The van der Waals surface area contributed by atoms with Crippen LogP contribution in [0.2, 0.25) is 0 Å². The van der Waals surface area contributed by atoms with Gasteiger partial charge in [0.15, 0.2) is 0 Å². The Bertz CT molecular complexity index is 434. The molecule has 0 saturated heterocycles. The maximum atomic E-state index is 12.0. The molecule has 1 aromatic rings. The van der Waals surface area contributed by atoms with E-state index >= 15 is 0 Å². The summed E-state index contributed by atoms with van der Waals surface area (Å²) in [7, 11) is 1.93. The standard InChI is InChI=1S/C15H20BrNOS/c1-17(11-12-5-4-6-12)15(18)9-10-19-14-8-3-2-7-13(14)16/h2-3,7-8,12H,4-6,9-11H2,1H3. The Kier molecular flexibility index (Phi) is 5.76. The van der Waals surface area contributed by atoms with Crippen molar-refractivity contribution in [1.82, 2.24) is 4.90 Å². The van der Waals surface area contributed by atoms with Gasteiger partial charge in [-0.3, -0.25) is 4.79 Å². The fourth-order valence-electron chi connectivity index (χ4n) is 2.17. The predicted molar refractivity (Wildman–Crippen MR) is 84.5 cm³/mol. The van der Waals surface area contributed by atoms with Crippen LogP contribution in [-0.2, 0) is 4.79 Å². The van der Waals surface area contributed by atoms with Crippen molar-refractivity contribution in [3.05, 3.63) is 28.7 Å². The zero-order valence-corrected chi connectivity index (χ0v) is 13.7. The highest BCUT2D eigenvalue weighted by Crippen LogP contribution is 2.28. The first-order valence-electron chi connectivity index (χ1n) is 6.78. The molecule has 0 heterocycles. The lowest BCUT2D eigenvalue weighted by Gasteiger charge is -2.30. The van der Waals surface area contributed by atoms with Crippen LogP contribution in [0.15, 0.2) is 33.6 Å². The Hall–Kier alpha value is -0.480. The summed E-state index contributed by atoms with van der Waals surface area (Å²) in [4.78, 5) is 15.1. The van der Waals surface area contributed by atoms with Crippen LogP contribution in [-0.4, -0.2) is 30.2 Å². The number of benzene rings is 1. The lowest BCUT2D eigenvalue weighted by molar-refractivity contribution is -0.130. The summed E-state index contributed by atoms with van der Waals surface area (Å²) in [6, 6.07) is 8.15. The molecule has 0 N–H and O–H groups in total. The monoisotopic (exact) mass is 341 g/mol. The Morgan fingerprint density at radius 1 is 1.42 bits per heavy atom. The molecule has 2 rings (SSSR count). The van der Waals surface area contributed by atoms with Crippen LogP contribution < -0.4 is 0 Å². The summed E-state index contributed by atoms with van der Waals surface area (Å²) >= 11 is 5.26. The van der Waals surface area contributed by atoms with E-state index in [-0.39, 0.29) is 5.91 Å². The fraction of sp³-hybridized carbons (Fsp3) is 0.533. The van der Waals surface area contributed by atoms with E-state index in [1.165, 1.54) is 24.2 Å². The van der Waals surface area contributed by atoms with Gasteiger partial charge in [-0.1, -0.05) is 18.6 Å². The molecule has 104 valence electrons. The van der Waals surface area contributed by atoms with Crippen molar-refractivity contribution in [2.75, 3.05) is 19.3 Å². The summed E-state index contributed by atoms with van der Waals surface area (Å²) in [5.41, 5.74) is 0. The van der Waals surface area contributed by atoms with Gasteiger partial charge in [0.05, 0.1) is 0 Å². The second-order valence-corrected chi connectivity index (χ2v) is 7.09. The van der Waals surface area contributed by atoms with E-state index < -0.39 is 0 Å². The second kappa shape index (κ2) is 7.34. The highest BCUT2D eigenvalue weighted by Gasteiger charge is 2.21. The zero-order valence-electron chi connectivity index (χ0n) is 11.3. The van der Waals surface area contributed by atoms with Crippen LogP contribution in [0, 0.1) is 5.92 Å². The second-order valence-electron chi connectivity index (χ2n) is 5.10. The molecule has 0 aliphatic heterocycles. The number of halogens is 1. The highest BCUT2D eigenvalue weighted by molar-refractivity contribution is 9.10. The molecular weight excluding hydrogens is 322 g/mol. The van der Waals surface area contributed by atoms with Crippen LogP contribution in [0.25, 0.3) is 0 Å². The molecule has 0 radical (unpaired) electrons. The molecule has 4 heteroatoms. The Morgan fingerprint density at radius 3 is 2.79 bits per heavy atom. The lowest BCUT2D eigenvalue weighted by atomic mass is 9.85. The SMILES string of the molecule is CN(CC1CCC1)C(=O)CCSc1ccccc1Br. The summed E-state index contributed by atoms with van der Waals surface area (Å²) in [6.45, 7) is 0.943. The van der Waals surface area contributed by atoms with Gasteiger partial charge >= 0.3 is 0 Å². The molecule has 1 aliphatic carbocycles. The van der Waals surface area contributed by atoms with Crippen molar-refractivity contribution in [2.45, 2.75) is 30.6 Å². The van der Waals surface area contributed by atoms with Gasteiger partial charge < -0.3 is 4.90 Å². The number of hydrogen-bond acceptors (Lipinski definition) is 2. The highest BCUT2D eigenvalue weighted by atomic mass is 79.9. The van der Waals surface area contributed by atoms with E-state index in [4.69, 9.17) is 0 Å². The number of rotatable bonds is 6. The summed E-state index contributed by atoms with van der Waals surface area (Å²) in [6.07, 6.45) is 4.55. The smallest absolute Gasteiger partial charge is 0.223 e. The van der Waals surface area contributed by atoms with Crippen molar-refractivity contribution in [3.63, 3.8) is 0 Å². The Labute approximate surface area is 128 Å². The summed E-state index contributed by atoms with van der Waals surface area (Å²) < 4.78 is 1.11. The van der Waals surface area contributed by atoms with E-state index in [2.05, 4.69) is 22.0 Å². The van der Waals surface area contributed by atoms with Crippen LogP contribution in [0.4, 0.5) is 0 Å². The largest absolute Gasteiger partial charge is 0.345 e. The molecule has 2 nitrogen and oxygen atoms in total. The fourth-order valence-corrected chi connectivity index (χ4v) is 3.67. The number of amides is 1. The van der Waals surface area contributed by atoms with E-state index in [9.17, 15) is 4.79 Å². The van der Waals surface area contributed by atoms with Gasteiger partial charge in [0, 0.05) is 35.1 Å². The average Bonchev–Trinajstić information content (AvgIpc) is 2.35. The van der Waals surface area contributed by atoms with Crippen LogP contribution >= 0.6 is 27.7 Å². The van der Waals surface area contributed by atoms with Gasteiger partial charge in [-0.25, -0.2) is 0 Å². The van der Waals surface area contributed by atoms with Gasteiger partial charge in [0.1, 0.15) is 0 Å². The number of hydrogen-bond donors (Lipinski definition) is 0. The Balaban J connectivity index is 1.69. The summed E-state index contributed by atoms with van der Waals surface area (Å²) in [5, 5.41) is 0. The predicted octanol–water partition coefficient (Wildman–Crippen LogP) is 4.19. The summed E-state index contributed by atoms with van der Waals surface area (Å²) in [5.74, 6) is 1.87. The number of nitrogens with zero attached hydrogens (tertiary/aromatic N) is 1. The molecule has 0 unspecified atom stereocenters. The van der Waals surface area contributed by atoms with Gasteiger partial charge in [-0.05, 0) is 46.8 Å². The van der Waals surface area contributed by atoms with E-state index in [1.807, 2.05) is 30.1 Å². The molecule has 0 aromatic heterocycles. The van der Waals surface area contributed by atoms with Crippen LogP contribution in [0.3, 0.4) is 0 Å². The molecule has 0 atom stereocenters. The topological polar surface area (TPSA) is 20.3 Å². The van der Waals surface area contributed by atoms with Crippen molar-refractivity contribution < 1.29 is 4.79 Å². The van der Waals surface area contributed by atoms with Gasteiger partial charge in [-0.2, -0.15) is 0 Å². The van der Waals surface area contributed by atoms with Crippen molar-refractivity contribution >= 4 is 33.6 Å². The van der Waals surface area contributed by atoms with E-state index in [1.54, 1.807) is 11.8 Å². The van der Waals surface area contributed by atoms with Crippen molar-refractivity contribution in [1.29, 1.82) is 0 Å². The Morgan fingerprint density at radius 2 is 2.16 bits per heavy atom. The molecule has 19 heavy (non-hydrogen) atoms. The molecule has 0 bridgehead atoms. The third kappa shape index (κ3) is 4.53. The average molecular weight is 342 g/mol. The molecule has 1 saturated carbocycles. The maximum Gasteiger partial charge on any atom is 0.223 e. The van der Waals surface area contributed by atoms with Crippen molar-refractivity contribution in [2.24, 2.45) is 5.92 Å². The van der Waals surface area contributed by atoms with E-state index in [0.29, 0.717) is 6.42 Å². The van der Waals surface area contributed by atoms with E-state index in [0.717, 1.165) is 22.7 Å². The number of thioether (sulfide) groups is 1. The molecule has 1 aromatic carbocycles. The molecule has 0 spiro atoms. The first-order chi connectivity index (χ1) is 9.16. The molecule has 1 amide bonds. The molecular formula is C15H20BrNOS. The van der Waals surface area contributed by atoms with Gasteiger partial charge in [0.2, 0.25) is 5.91 Å². The number of carbonyl (C=O) groups is 1. The van der Waals surface area contributed by atoms with Gasteiger partial charge in [-0.15, -0.1) is 11.8 Å². The van der Waals surface area contributed by atoms with Crippen LogP contribution in [0.5, 0.6) is 0 Å². The minimum Gasteiger partial charge on any atom is -0.345 e. The molecule has 1 aliphatic rings. The van der Waals surface area contributed by atoms with Crippen LogP contribution in [0.1, 0.15) is 25.7 Å². The maximum absolute atomic E-state index is 12.0. The third-order valence-electron chi connectivity index (χ3n) is 3.59.